The van der Waals surface area contributed by atoms with Crippen molar-refractivity contribution in [1.29, 1.82) is 0 Å². The fourth-order valence-electron chi connectivity index (χ4n) is 1.08. The lowest BCUT2D eigenvalue weighted by atomic mass is 10.1. The van der Waals surface area contributed by atoms with Crippen LogP contribution < -0.4 is 10.5 Å². The van der Waals surface area contributed by atoms with E-state index in [0.29, 0.717) is 5.70 Å². The molecule has 0 atom stereocenters. The van der Waals surface area contributed by atoms with Crippen molar-refractivity contribution in [3.8, 4) is 5.75 Å². The first kappa shape index (κ1) is 8.65. The lowest BCUT2D eigenvalue weighted by Gasteiger charge is -2.06. The summed E-state index contributed by atoms with van der Waals surface area (Å²) in [5.74, 6) is 0.875. The second-order valence-corrected chi connectivity index (χ2v) is 2.71. The first-order valence-corrected chi connectivity index (χ1v) is 3.74. The smallest absolute Gasteiger partial charge is 0.121 e. The van der Waals surface area contributed by atoms with E-state index in [1.165, 1.54) is 0 Å². The summed E-state index contributed by atoms with van der Waals surface area (Å²) in [4.78, 5) is 0. The van der Waals surface area contributed by atoms with Gasteiger partial charge in [-0.3, -0.25) is 0 Å². The number of ether oxygens (including phenoxy) is 1. The second-order valence-electron chi connectivity index (χ2n) is 2.71. The molecule has 0 aliphatic heterocycles. The maximum absolute atomic E-state index is 5.54. The molecule has 0 aliphatic rings. The van der Waals surface area contributed by atoms with Crippen LogP contribution in [0.1, 0.15) is 11.1 Å². The van der Waals surface area contributed by atoms with E-state index in [1.807, 2.05) is 25.1 Å². The second kappa shape index (κ2) is 3.30. The van der Waals surface area contributed by atoms with Gasteiger partial charge in [-0.05, 0) is 36.2 Å². The molecule has 0 bridgehead atoms. The molecule has 2 heteroatoms. The van der Waals surface area contributed by atoms with Gasteiger partial charge in [-0.15, -0.1) is 0 Å². The van der Waals surface area contributed by atoms with Crippen molar-refractivity contribution in [3.63, 3.8) is 0 Å². The van der Waals surface area contributed by atoms with Crippen LogP contribution in [0.15, 0.2) is 24.8 Å². The largest absolute Gasteiger partial charge is 0.496 e. The van der Waals surface area contributed by atoms with E-state index in [4.69, 9.17) is 10.5 Å². The molecule has 0 amide bonds. The van der Waals surface area contributed by atoms with Crippen LogP contribution in [0.3, 0.4) is 0 Å². The highest BCUT2D eigenvalue weighted by Gasteiger charge is 1.99. The first-order valence-electron chi connectivity index (χ1n) is 3.74. The summed E-state index contributed by atoms with van der Waals surface area (Å²) in [6.07, 6.45) is 0. The summed E-state index contributed by atoms with van der Waals surface area (Å²) in [6.45, 7) is 5.64. The summed E-state index contributed by atoms with van der Waals surface area (Å²) in [7, 11) is 1.65. The highest BCUT2D eigenvalue weighted by Crippen LogP contribution is 2.20. The van der Waals surface area contributed by atoms with Gasteiger partial charge in [0.2, 0.25) is 0 Å². The standard InChI is InChI=1S/C10H13NO/c1-7-6-9(8(2)11)4-5-10(7)12-3/h4-6H,2,11H2,1,3H3. The molecule has 0 saturated carbocycles. The van der Waals surface area contributed by atoms with Crippen molar-refractivity contribution < 1.29 is 4.74 Å². The maximum Gasteiger partial charge on any atom is 0.121 e. The summed E-state index contributed by atoms with van der Waals surface area (Å²) in [5, 5.41) is 0. The fraction of sp³-hybridized carbons (Fsp3) is 0.200. The monoisotopic (exact) mass is 163 g/mol. The minimum absolute atomic E-state index is 0.584. The predicted molar refractivity (Wildman–Crippen MR) is 51.0 cm³/mol. The molecule has 0 aliphatic carbocycles. The summed E-state index contributed by atoms with van der Waals surface area (Å²) in [6, 6.07) is 5.75. The lowest BCUT2D eigenvalue weighted by Crippen LogP contribution is -1.95. The van der Waals surface area contributed by atoms with Crippen LogP contribution in [0.5, 0.6) is 5.75 Å². The van der Waals surface area contributed by atoms with Crippen LogP contribution in [-0.2, 0) is 0 Å². The van der Waals surface area contributed by atoms with E-state index in [-0.39, 0.29) is 0 Å². The zero-order valence-electron chi connectivity index (χ0n) is 7.42. The molecule has 2 N–H and O–H groups in total. The van der Waals surface area contributed by atoms with Gasteiger partial charge in [0.15, 0.2) is 0 Å². The minimum atomic E-state index is 0.584. The van der Waals surface area contributed by atoms with Crippen molar-refractivity contribution in [2.24, 2.45) is 5.73 Å². The molecule has 1 rings (SSSR count). The molecule has 0 radical (unpaired) electrons. The third kappa shape index (κ3) is 1.59. The predicted octanol–water partition coefficient (Wildman–Crippen LogP) is 1.93. The Morgan fingerprint density at radius 3 is 2.58 bits per heavy atom. The highest BCUT2D eigenvalue weighted by atomic mass is 16.5. The average Bonchev–Trinajstić information content (AvgIpc) is 2.04. The van der Waals surface area contributed by atoms with Crippen molar-refractivity contribution in [3.05, 3.63) is 35.9 Å². The van der Waals surface area contributed by atoms with Gasteiger partial charge in [-0.1, -0.05) is 6.58 Å². The fourth-order valence-corrected chi connectivity index (χ4v) is 1.08. The Morgan fingerprint density at radius 2 is 2.17 bits per heavy atom. The third-order valence-corrected chi connectivity index (χ3v) is 1.77. The minimum Gasteiger partial charge on any atom is -0.496 e. The molecule has 1 aromatic carbocycles. The van der Waals surface area contributed by atoms with Crippen LogP contribution in [0.2, 0.25) is 0 Å². The van der Waals surface area contributed by atoms with Gasteiger partial charge < -0.3 is 10.5 Å². The van der Waals surface area contributed by atoms with Gasteiger partial charge in [0.1, 0.15) is 5.75 Å². The van der Waals surface area contributed by atoms with E-state index >= 15 is 0 Å². The van der Waals surface area contributed by atoms with Crippen LogP contribution in [-0.4, -0.2) is 7.11 Å². The zero-order valence-corrected chi connectivity index (χ0v) is 7.42. The normalized spacial score (nSPS) is 9.50. The van der Waals surface area contributed by atoms with Crippen LogP contribution in [0.25, 0.3) is 5.70 Å². The molecule has 1 aromatic rings. The number of hydrogen-bond donors (Lipinski definition) is 1. The van der Waals surface area contributed by atoms with E-state index in [1.54, 1.807) is 7.11 Å². The van der Waals surface area contributed by atoms with Gasteiger partial charge in [-0.25, -0.2) is 0 Å². The maximum atomic E-state index is 5.54. The molecule has 12 heavy (non-hydrogen) atoms. The average molecular weight is 163 g/mol. The Hall–Kier alpha value is -1.44. The van der Waals surface area contributed by atoms with Crippen LogP contribution in [0.4, 0.5) is 0 Å². The van der Waals surface area contributed by atoms with Crippen LogP contribution in [0, 0.1) is 6.92 Å². The van der Waals surface area contributed by atoms with E-state index < -0.39 is 0 Å². The number of benzene rings is 1. The Balaban J connectivity index is 3.10. The summed E-state index contributed by atoms with van der Waals surface area (Å²) >= 11 is 0. The van der Waals surface area contributed by atoms with E-state index in [2.05, 4.69) is 6.58 Å². The number of hydrogen-bond acceptors (Lipinski definition) is 2. The number of aryl methyl sites for hydroxylation is 1. The molecule has 0 saturated heterocycles. The van der Waals surface area contributed by atoms with Crippen molar-refractivity contribution in [2.75, 3.05) is 7.11 Å². The zero-order chi connectivity index (χ0) is 9.14. The number of nitrogens with two attached hydrogens (primary N) is 1. The lowest BCUT2D eigenvalue weighted by molar-refractivity contribution is 0.411. The van der Waals surface area contributed by atoms with Crippen molar-refractivity contribution in [2.45, 2.75) is 6.92 Å². The highest BCUT2D eigenvalue weighted by molar-refractivity contribution is 5.62. The Bertz CT molecular complexity index is 305. The molecule has 64 valence electrons. The van der Waals surface area contributed by atoms with E-state index in [0.717, 1.165) is 16.9 Å². The molecule has 0 fully saturated rings. The van der Waals surface area contributed by atoms with Gasteiger partial charge >= 0.3 is 0 Å². The topological polar surface area (TPSA) is 35.2 Å². The number of methoxy groups -OCH3 is 1. The molecule has 0 aromatic heterocycles. The van der Waals surface area contributed by atoms with Crippen LogP contribution >= 0.6 is 0 Å². The molecule has 2 nitrogen and oxygen atoms in total. The SMILES string of the molecule is C=C(N)c1ccc(OC)c(C)c1. The van der Waals surface area contributed by atoms with E-state index in [9.17, 15) is 0 Å². The van der Waals surface area contributed by atoms with Gasteiger partial charge in [0.25, 0.3) is 0 Å². The quantitative estimate of drug-likeness (QED) is 0.723. The van der Waals surface area contributed by atoms with Gasteiger partial charge in [0.05, 0.1) is 7.11 Å². The third-order valence-electron chi connectivity index (χ3n) is 1.77. The molecular weight excluding hydrogens is 150 g/mol. The Labute approximate surface area is 72.7 Å². The summed E-state index contributed by atoms with van der Waals surface area (Å²) in [5.41, 5.74) is 8.15. The summed E-state index contributed by atoms with van der Waals surface area (Å²) < 4.78 is 5.11. The van der Waals surface area contributed by atoms with Crippen molar-refractivity contribution >= 4 is 5.70 Å². The first-order chi connectivity index (χ1) is 5.65. The van der Waals surface area contributed by atoms with Gasteiger partial charge in [-0.2, -0.15) is 0 Å². The Morgan fingerprint density at radius 1 is 1.50 bits per heavy atom. The Kier molecular flexibility index (Phi) is 2.38. The molecule has 0 spiro atoms. The van der Waals surface area contributed by atoms with Crippen molar-refractivity contribution in [1.82, 2.24) is 0 Å². The molecular formula is C10H13NO. The van der Waals surface area contributed by atoms with Gasteiger partial charge in [0, 0.05) is 5.70 Å². The molecule has 0 heterocycles. The molecule has 0 unspecified atom stereocenters. The number of rotatable bonds is 2.